The average Bonchev–Trinajstić information content (AvgIpc) is 3.08. The summed E-state index contributed by atoms with van der Waals surface area (Å²) in [5, 5.41) is 3.51. The zero-order valence-corrected chi connectivity index (χ0v) is 14.1. The molecule has 3 N–H and O–H groups in total. The Morgan fingerprint density at radius 1 is 1.39 bits per heavy atom. The van der Waals surface area contributed by atoms with Crippen molar-refractivity contribution in [3.05, 3.63) is 33.6 Å². The maximum Gasteiger partial charge on any atom is 0.362 e. The second kappa shape index (κ2) is 5.69. The van der Waals surface area contributed by atoms with Crippen LogP contribution in [0.5, 0.6) is 5.75 Å². The van der Waals surface area contributed by atoms with E-state index < -0.39 is 13.9 Å². The second-order valence-electron chi connectivity index (χ2n) is 5.97. The molecule has 1 heterocycles. The lowest BCUT2D eigenvalue weighted by Gasteiger charge is -2.15. The first kappa shape index (κ1) is 15.3. The fourth-order valence-corrected chi connectivity index (χ4v) is 3.96. The van der Waals surface area contributed by atoms with Gasteiger partial charge in [0.1, 0.15) is 5.75 Å². The van der Waals surface area contributed by atoms with Gasteiger partial charge in [0.2, 0.25) is 0 Å². The minimum atomic E-state index is -4.21. The van der Waals surface area contributed by atoms with Crippen LogP contribution in [0, 0.1) is 0 Å². The van der Waals surface area contributed by atoms with Crippen LogP contribution < -0.4 is 10.1 Å². The summed E-state index contributed by atoms with van der Waals surface area (Å²) in [6.45, 7) is 0.806. The molecule has 0 bridgehead atoms. The van der Waals surface area contributed by atoms with Crippen LogP contribution in [0.1, 0.15) is 28.8 Å². The van der Waals surface area contributed by atoms with Crippen LogP contribution in [-0.4, -0.2) is 27.2 Å². The highest BCUT2D eigenvalue weighted by molar-refractivity contribution is 7.51. The third kappa shape index (κ3) is 3.20. The first-order valence-electron chi connectivity index (χ1n) is 7.49. The highest BCUT2D eigenvalue weighted by atomic mass is 32.1. The molecule has 23 heavy (non-hydrogen) atoms. The summed E-state index contributed by atoms with van der Waals surface area (Å²) >= 11 is 1.61. The molecule has 122 valence electrons. The molecule has 0 saturated heterocycles. The van der Waals surface area contributed by atoms with E-state index in [1.165, 1.54) is 23.3 Å². The largest absolute Gasteiger partial charge is 0.480 e. The SMILES string of the molecule is O=P(O)(O)COc1ccc(CNC2CC2)c2c1-c1ncsc1C2. The lowest BCUT2D eigenvalue weighted by molar-refractivity contribution is 0.301. The predicted octanol–water partition coefficient (Wildman–Crippen LogP) is 2.48. The van der Waals surface area contributed by atoms with Gasteiger partial charge in [-0.05, 0) is 30.0 Å². The standard InChI is InChI=1S/C15H17N2O4PS/c18-22(19,20)8-21-12-4-1-9(6-16-10-2-3-10)11-5-13-15(14(11)12)17-7-23-13/h1,4,7,10,16H,2-3,5-6,8H2,(H2,18,19,20). The molecule has 8 heteroatoms. The molecule has 0 amide bonds. The molecule has 0 aliphatic heterocycles. The highest BCUT2D eigenvalue weighted by Gasteiger charge is 2.29. The van der Waals surface area contributed by atoms with Crippen molar-refractivity contribution in [1.29, 1.82) is 0 Å². The molecule has 2 aliphatic carbocycles. The lowest BCUT2D eigenvalue weighted by Crippen LogP contribution is -2.16. The number of ether oxygens (including phenoxy) is 1. The molecule has 0 radical (unpaired) electrons. The van der Waals surface area contributed by atoms with Crippen molar-refractivity contribution in [2.24, 2.45) is 0 Å². The van der Waals surface area contributed by atoms with E-state index in [1.54, 1.807) is 22.9 Å². The molecule has 0 unspecified atom stereocenters. The summed E-state index contributed by atoms with van der Waals surface area (Å²) in [6.07, 6.45) is 2.67. The van der Waals surface area contributed by atoms with E-state index in [0.717, 1.165) is 29.8 Å². The van der Waals surface area contributed by atoms with Gasteiger partial charge in [-0.25, -0.2) is 4.98 Å². The molecule has 1 aromatic carbocycles. The van der Waals surface area contributed by atoms with Crippen LogP contribution in [0.3, 0.4) is 0 Å². The van der Waals surface area contributed by atoms with E-state index in [-0.39, 0.29) is 0 Å². The van der Waals surface area contributed by atoms with Crippen molar-refractivity contribution in [3.63, 3.8) is 0 Å². The predicted molar refractivity (Wildman–Crippen MR) is 87.8 cm³/mol. The zero-order chi connectivity index (χ0) is 16.0. The molecule has 1 aromatic heterocycles. The van der Waals surface area contributed by atoms with Crippen molar-refractivity contribution >= 4 is 18.9 Å². The van der Waals surface area contributed by atoms with Crippen LogP contribution >= 0.6 is 18.9 Å². The topological polar surface area (TPSA) is 91.7 Å². The van der Waals surface area contributed by atoms with E-state index in [9.17, 15) is 4.57 Å². The van der Waals surface area contributed by atoms with Crippen LogP contribution in [0.15, 0.2) is 17.6 Å². The van der Waals surface area contributed by atoms with Gasteiger partial charge in [-0.3, -0.25) is 4.57 Å². The highest BCUT2D eigenvalue weighted by Crippen LogP contribution is 2.46. The number of thiazole rings is 1. The summed E-state index contributed by atoms with van der Waals surface area (Å²) in [5.74, 6) is 0.503. The van der Waals surface area contributed by atoms with Crippen molar-refractivity contribution in [3.8, 4) is 17.0 Å². The number of nitrogens with one attached hydrogen (secondary N) is 1. The molecule has 6 nitrogen and oxygen atoms in total. The first-order chi connectivity index (χ1) is 11.0. The molecule has 1 saturated carbocycles. The Hall–Kier alpha value is -1.24. The smallest absolute Gasteiger partial charge is 0.362 e. The first-order valence-corrected chi connectivity index (χ1v) is 10.2. The van der Waals surface area contributed by atoms with Crippen molar-refractivity contribution in [2.45, 2.75) is 31.8 Å². The van der Waals surface area contributed by atoms with Crippen molar-refractivity contribution in [2.75, 3.05) is 6.35 Å². The third-order valence-corrected chi connectivity index (χ3v) is 5.43. The minimum absolute atomic E-state index is 0.503. The Kier molecular flexibility index (Phi) is 3.78. The molecule has 0 spiro atoms. The van der Waals surface area contributed by atoms with Crippen LogP contribution in [0.2, 0.25) is 0 Å². The number of nitrogens with zero attached hydrogens (tertiary/aromatic N) is 1. The Morgan fingerprint density at radius 2 is 2.22 bits per heavy atom. The van der Waals surface area contributed by atoms with Crippen molar-refractivity contribution in [1.82, 2.24) is 10.3 Å². The van der Waals surface area contributed by atoms with Gasteiger partial charge in [0.15, 0.2) is 6.35 Å². The minimum Gasteiger partial charge on any atom is -0.480 e. The summed E-state index contributed by atoms with van der Waals surface area (Å²) < 4.78 is 16.5. The van der Waals surface area contributed by atoms with E-state index in [1.807, 2.05) is 6.07 Å². The van der Waals surface area contributed by atoms with Gasteiger partial charge >= 0.3 is 7.60 Å². The van der Waals surface area contributed by atoms with Gasteiger partial charge in [-0.2, -0.15) is 0 Å². The maximum atomic E-state index is 11.1. The van der Waals surface area contributed by atoms with Gasteiger partial charge in [0.05, 0.1) is 11.2 Å². The van der Waals surface area contributed by atoms with Gasteiger partial charge in [0.25, 0.3) is 0 Å². The Morgan fingerprint density at radius 3 is 2.96 bits per heavy atom. The molecule has 2 aromatic rings. The number of hydrogen-bond acceptors (Lipinski definition) is 5. The van der Waals surface area contributed by atoms with Crippen LogP contribution in [-0.2, 0) is 17.5 Å². The molecule has 2 aliphatic rings. The number of aromatic nitrogens is 1. The Bertz CT molecular complexity index is 797. The second-order valence-corrected chi connectivity index (χ2v) is 8.50. The number of fused-ring (bicyclic) bond motifs is 3. The van der Waals surface area contributed by atoms with Gasteiger partial charge in [-0.15, -0.1) is 11.3 Å². The molecular weight excluding hydrogens is 335 g/mol. The van der Waals surface area contributed by atoms with E-state index in [4.69, 9.17) is 14.5 Å². The van der Waals surface area contributed by atoms with Gasteiger partial charge < -0.3 is 19.8 Å². The van der Waals surface area contributed by atoms with E-state index in [2.05, 4.69) is 10.3 Å². The van der Waals surface area contributed by atoms with Crippen molar-refractivity contribution < 1.29 is 19.1 Å². The van der Waals surface area contributed by atoms with Gasteiger partial charge in [0, 0.05) is 29.4 Å². The fraction of sp³-hybridized carbons (Fsp3) is 0.400. The van der Waals surface area contributed by atoms with Crippen LogP contribution in [0.4, 0.5) is 0 Å². The Balaban J connectivity index is 1.68. The molecule has 4 rings (SSSR count). The summed E-state index contributed by atoms with van der Waals surface area (Å²) in [5.41, 5.74) is 5.95. The molecular formula is C15H17N2O4PS. The number of hydrogen-bond donors (Lipinski definition) is 3. The Labute approximate surface area is 137 Å². The van der Waals surface area contributed by atoms with E-state index in [0.29, 0.717) is 11.8 Å². The fourth-order valence-electron chi connectivity index (χ4n) is 2.87. The normalized spacial score (nSPS) is 16.3. The molecule has 1 fully saturated rings. The monoisotopic (exact) mass is 352 g/mol. The number of benzene rings is 1. The quantitative estimate of drug-likeness (QED) is 0.591. The van der Waals surface area contributed by atoms with E-state index >= 15 is 0 Å². The summed E-state index contributed by atoms with van der Waals surface area (Å²) in [4.78, 5) is 23.7. The number of rotatable bonds is 6. The maximum absolute atomic E-state index is 11.1. The van der Waals surface area contributed by atoms with Gasteiger partial charge in [-0.1, -0.05) is 6.07 Å². The molecule has 0 atom stereocenters. The third-order valence-electron chi connectivity index (χ3n) is 4.13. The summed E-state index contributed by atoms with van der Waals surface area (Å²) in [7, 11) is -4.21. The average molecular weight is 352 g/mol. The summed E-state index contributed by atoms with van der Waals surface area (Å²) in [6, 6.07) is 4.41. The lowest BCUT2D eigenvalue weighted by atomic mass is 10.0. The zero-order valence-electron chi connectivity index (χ0n) is 12.4. The van der Waals surface area contributed by atoms with Crippen LogP contribution in [0.25, 0.3) is 11.3 Å².